The molecule has 0 aromatic carbocycles. The Morgan fingerprint density at radius 1 is 1.19 bits per heavy atom. The Hall–Kier alpha value is -2.34. The molecule has 2 saturated carbocycles. The Kier molecular flexibility index (Phi) is 9.15. The first-order valence-corrected chi connectivity index (χ1v) is 13.6. The van der Waals surface area contributed by atoms with Gasteiger partial charge in [-0.3, -0.25) is 4.79 Å². The van der Waals surface area contributed by atoms with E-state index in [9.17, 15) is 9.59 Å². The van der Waals surface area contributed by atoms with Crippen molar-refractivity contribution in [3.63, 3.8) is 0 Å². The van der Waals surface area contributed by atoms with Gasteiger partial charge in [-0.15, -0.1) is 0 Å². The number of fused-ring (bicyclic) bond motifs is 1. The van der Waals surface area contributed by atoms with Crippen molar-refractivity contribution in [3.8, 4) is 5.75 Å². The van der Waals surface area contributed by atoms with E-state index < -0.39 is 0 Å². The van der Waals surface area contributed by atoms with E-state index in [1.165, 1.54) is 18.1 Å². The second-order valence-corrected chi connectivity index (χ2v) is 11.9. The summed E-state index contributed by atoms with van der Waals surface area (Å²) in [5, 5.41) is 0. The summed E-state index contributed by atoms with van der Waals surface area (Å²) in [6, 6.07) is 0. The molecule has 3 rings (SSSR count). The maximum absolute atomic E-state index is 13.1. The van der Waals surface area contributed by atoms with Gasteiger partial charge in [-0.2, -0.15) is 0 Å². The van der Waals surface area contributed by atoms with Gasteiger partial charge in [0.05, 0.1) is 5.56 Å². The summed E-state index contributed by atoms with van der Waals surface area (Å²) in [7, 11) is 1.57. The first-order valence-electron chi connectivity index (χ1n) is 13.6. The summed E-state index contributed by atoms with van der Waals surface area (Å²) < 4.78 is 22.7. The number of rotatable bonds is 9. The average Bonchev–Trinajstić information content (AvgIpc) is 2.80. The second kappa shape index (κ2) is 11.6. The van der Waals surface area contributed by atoms with E-state index in [4.69, 9.17) is 18.6 Å². The van der Waals surface area contributed by atoms with Crippen LogP contribution in [-0.4, -0.2) is 26.0 Å². The monoisotopic (exact) mass is 514 g/mol. The number of ether oxygens (including phenoxy) is 3. The van der Waals surface area contributed by atoms with Gasteiger partial charge in [0.1, 0.15) is 17.6 Å². The van der Waals surface area contributed by atoms with E-state index in [2.05, 4.69) is 40.3 Å². The number of methoxy groups -OCH3 is 1. The van der Waals surface area contributed by atoms with Gasteiger partial charge in [-0.25, -0.2) is 4.79 Å². The van der Waals surface area contributed by atoms with E-state index in [1.54, 1.807) is 14.0 Å². The summed E-state index contributed by atoms with van der Waals surface area (Å²) in [4.78, 5) is 25.2. The minimum absolute atomic E-state index is 0.0642. The molecule has 0 aliphatic heterocycles. The van der Waals surface area contributed by atoms with Crippen LogP contribution in [0.5, 0.6) is 5.75 Å². The number of hydrogen-bond donors (Lipinski definition) is 0. The molecule has 0 spiro atoms. The summed E-state index contributed by atoms with van der Waals surface area (Å²) in [6.07, 6.45) is 8.17. The lowest BCUT2D eigenvalue weighted by molar-refractivity contribution is -0.178. The van der Waals surface area contributed by atoms with Crippen molar-refractivity contribution in [1.29, 1.82) is 0 Å². The van der Waals surface area contributed by atoms with E-state index in [0.29, 0.717) is 29.4 Å². The van der Waals surface area contributed by atoms with Crippen LogP contribution < -0.4 is 10.4 Å². The highest BCUT2D eigenvalue weighted by Crippen LogP contribution is 2.63. The minimum Gasteiger partial charge on any atom is -0.467 e. The Bertz CT molecular complexity index is 1090. The van der Waals surface area contributed by atoms with E-state index in [-0.39, 0.29) is 41.2 Å². The molecule has 6 heteroatoms. The summed E-state index contributed by atoms with van der Waals surface area (Å²) in [5.74, 6) is 1.31. The van der Waals surface area contributed by atoms with Crippen LogP contribution in [0.2, 0.25) is 0 Å². The van der Waals surface area contributed by atoms with Gasteiger partial charge in [0.15, 0.2) is 6.79 Å². The smallest absolute Gasteiger partial charge is 0.342 e. The van der Waals surface area contributed by atoms with Gasteiger partial charge in [-0.1, -0.05) is 37.6 Å². The number of esters is 1. The van der Waals surface area contributed by atoms with E-state index in [0.717, 1.165) is 44.1 Å². The molecule has 0 bridgehead atoms. The zero-order chi connectivity index (χ0) is 27.5. The van der Waals surface area contributed by atoms with Crippen molar-refractivity contribution in [1.82, 2.24) is 0 Å². The molecule has 0 radical (unpaired) electrons. The molecule has 1 aromatic rings. The lowest BCUT2D eigenvalue weighted by atomic mass is 9.45. The Balaban J connectivity index is 2.04. The molecular weight excluding hydrogens is 468 g/mol. The Labute approximate surface area is 222 Å². The number of carbonyl (C=O) groups excluding carboxylic acids is 1. The standard InChI is InChI=1S/C31H46O6/c1-19(2)11-10-15-31(8)26-13-12-20(3)25(30(26,7)16-14-27(31)37-23(6)32)17-24-28(35-18-34-9)21(4)22(5)36-29(24)33/h11,25-27H,3,10,12-18H2,1-2,4-9H3/t25-,26-,27+,30-,31+/m1/s1. The molecule has 2 fully saturated rings. The Morgan fingerprint density at radius 3 is 2.51 bits per heavy atom. The summed E-state index contributed by atoms with van der Waals surface area (Å²) in [5.41, 5.74) is 3.22. The summed E-state index contributed by atoms with van der Waals surface area (Å²) >= 11 is 0. The zero-order valence-electron chi connectivity index (χ0n) is 24.1. The van der Waals surface area contributed by atoms with Crippen LogP contribution in [0, 0.1) is 36.5 Å². The first-order chi connectivity index (χ1) is 17.3. The highest BCUT2D eigenvalue weighted by Gasteiger charge is 2.58. The quantitative estimate of drug-likeness (QED) is 0.204. The van der Waals surface area contributed by atoms with Crippen LogP contribution >= 0.6 is 0 Å². The van der Waals surface area contributed by atoms with Crippen LogP contribution in [0.3, 0.4) is 0 Å². The zero-order valence-corrected chi connectivity index (χ0v) is 24.1. The lowest BCUT2D eigenvalue weighted by Gasteiger charge is -2.61. The first kappa shape index (κ1) is 29.2. The van der Waals surface area contributed by atoms with Gasteiger partial charge in [-0.05, 0) is 89.9 Å². The SMILES string of the molecule is C=C1CC[C@H]2[C@](C)(CCC=C(C)C)[C@@H](OC(C)=O)CC[C@]2(C)[C@@H]1Cc1c(OCOC)c(C)c(C)oc1=O. The molecule has 2 aliphatic carbocycles. The molecule has 0 amide bonds. The fourth-order valence-corrected chi connectivity index (χ4v) is 7.20. The normalized spacial score (nSPS) is 29.4. The number of allylic oxidation sites excluding steroid dienone is 3. The van der Waals surface area contributed by atoms with Gasteiger partial charge in [0.2, 0.25) is 0 Å². The molecule has 5 atom stereocenters. The van der Waals surface area contributed by atoms with Crippen LogP contribution in [0.1, 0.15) is 90.0 Å². The summed E-state index contributed by atoms with van der Waals surface area (Å²) in [6.45, 7) is 18.7. The van der Waals surface area contributed by atoms with Crippen molar-refractivity contribution in [2.24, 2.45) is 22.7 Å². The van der Waals surface area contributed by atoms with Crippen molar-refractivity contribution >= 4 is 5.97 Å². The predicted octanol–water partition coefficient (Wildman–Crippen LogP) is 6.85. The third-order valence-electron chi connectivity index (χ3n) is 9.22. The molecule has 0 N–H and O–H groups in total. The third kappa shape index (κ3) is 5.89. The number of aryl methyl sites for hydroxylation is 1. The molecule has 0 unspecified atom stereocenters. The molecule has 206 valence electrons. The molecule has 37 heavy (non-hydrogen) atoms. The van der Waals surface area contributed by atoms with Crippen molar-refractivity contribution in [2.75, 3.05) is 13.9 Å². The van der Waals surface area contributed by atoms with Crippen LogP contribution in [-0.2, 0) is 20.7 Å². The van der Waals surface area contributed by atoms with E-state index in [1.807, 2.05) is 6.92 Å². The third-order valence-corrected chi connectivity index (χ3v) is 9.22. The maximum atomic E-state index is 13.1. The molecular formula is C31H46O6. The fourth-order valence-electron chi connectivity index (χ4n) is 7.20. The predicted molar refractivity (Wildman–Crippen MR) is 146 cm³/mol. The van der Waals surface area contributed by atoms with Crippen LogP contribution in [0.25, 0.3) is 0 Å². The number of hydrogen-bond acceptors (Lipinski definition) is 6. The molecule has 0 saturated heterocycles. The molecule has 6 nitrogen and oxygen atoms in total. The second-order valence-electron chi connectivity index (χ2n) is 11.9. The molecule has 1 heterocycles. The maximum Gasteiger partial charge on any atom is 0.342 e. The largest absolute Gasteiger partial charge is 0.467 e. The van der Waals surface area contributed by atoms with Gasteiger partial charge >= 0.3 is 11.6 Å². The van der Waals surface area contributed by atoms with Crippen molar-refractivity contribution in [3.05, 3.63) is 51.1 Å². The minimum atomic E-state index is -0.354. The lowest BCUT2D eigenvalue weighted by Crippen LogP contribution is -2.57. The fraction of sp³-hybridized carbons (Fsp3) is 0.677. The van der Waals surface area contributed by atoms with Gasteiger partial charge < -0.3 is 18.6 Å². The van der Waals surface area contributed by atoms with Crippen LogP contribution in [0.4, 0.5) is 0 Å². The van der Waals surface area contributed by atoms with E-state index >= 15 is 0 Å². The highest BCUT2D eigenvalue weighted by molar-refractivity contribution is 5.66. The van der Waals surface area contributed by atoms with Crippen molar-refractivity contribution in [2.45, 2.75) is 99.5 Å². The Morgan fingerprint density at radius 2 is 1.89 bits per heavy atom. The molecule has 1 aromatic heterocycles. The topological polar surface area (TPSA) is 75.0 Å². The van der Waals surface area contributed by atoms with Gasteiger partial charge in [0.25, 0.3) is 0 Å². The number of carbonyl (C=O) groups is 1. The average molecular weight is 515 g/mol. The highest BCUT2D eigenvalue weighted by atomic mass is 16.7. The molecule has 2 aliphatic rings. The van der Waals surface area contributed by atoms with Gasteiger partial charge in [0, 0.05) is 25.0 Å². The van der Waals surface area contributed by atoms with Crippen molar-refractivity contribution < 1.29 is 23.4 Å². The van der Waals surface area contributed by atoms with Crippen LogP contribution in [0.15, 0.2) is 33.0 Å².